The van der Waals surface area contributed by atoms with Crippen LogP contribution in [0.15, 0.2) is 18.2 Å². The van der Waals surface area contributed by atoms with Crippen LogP contribution in [0.5, 0.6) is 0 Å². The molecule has 0 aliphatic heterocycles. The topological polar surface area (TPSA) is 37.8 Å². The van der Waals surface area contributed by atoms with Crippen molar-refractivity contribution in [1.82, 2.24) is 9.97 Å². The third kappa shape index (κ3) is 3.50. The number of halogens is 3. The Balaban J connectivity index is 2.36. The normalized spacial score (nSPS) is 10.6. The summed E-state index contributed by atoms with van der Waals surface area (Å²) < 4.78 is 0. The van der Waals surface area contributed by atoms with Crippen molar-refractivity contribution in [3.63, 3.8) is 0 Å². The van der Waals surface area contributed by atoms with Crippen LogP contribution in [-0.4, -0.2) is 9.97 Å². The van der Waals surface area contributed by atoms with E-state index < -0.39 is 0 Å². The van der Waals surface area contributed by atoms with Gasteiger partial charge in [-0.1, -0.05) is 41.7 Å². The van der Waals surface area contributed by atoms with E-state index in [4.69, 9.17) is 34.8 Å². The van der Waals surface area contributed by atoms with Gasteiger partial charge in [0.1, 0.15) is 16.8 Å². The van der Waals surface area contributed by atoms with Crippen molar-refractivity contribution in [3.05, 3.63) is 44.8 Å². The summed E-state index contributed by atoms with van der Waals surface area (Å²) in [6.45, 7) is 3.86. The lowest BCUT2D eigenvalue weighted by Crippen LogP contribution is -2.00. The molecule has 1 heterocycles. The van der Waals surface area contributed by atoms with Crippen molar-refractivity contribution in [2.75, 3.05) is 5.32 Å². The number of nitrogens with one attached hydrogen (secondary N) is 1. The summed E-state index contributed by atoms with van der Waals surface area (Å²) in [5.74, 6) is 1.27. The van der Waals surface area contributed by atoms with E-state index in [-0.39, 0.29) is 0 Å². The van der Waals surface area contributed by atoms with Crippen LogP contribution in [0, 0.1) is 6.92 Å². The molecule has 6 heteroatoms. The number of nitrogens with zero attached hydrogens (tertiary/aromatic N) is 2. The molecule has 0 atom stereocenters. The summed E-state index contributed by atoms with van der Waals surface area (Å²) in [5, 5.41) is 4.72. The number of hydrogen-bond donors (Lipinski definition) is 1. The van der Waals surface area contributed by atoms with E-state index >= 15 is 0 Å². The molecule has 2 aromatic rings. The van der Waals surface area contributed by atoms with Gasteiger partial charge in [0.15, 0.2) is 0 Å². The van der Waals surface area contributed by atoms with Gasteiger partial charge in [-0.25, -0.2) is 9.97 Å². The second-order valence-corrected chi connectivity index (χ2v) is 5.25. The smallest absolute Gasteiger partial charge is 0.135 e. The molecule has 0 bridgehead atoms. The van der Waals surface area contributed by atoms with Gasteiger partial charge in [0.2, 0.25) is 0 Å². The average Bonchev–Trinajstić information content (AvgIpc) is 2.35. The van der Waals surface area contributed by atoms with Crippen LogP contribution < -0.4 is 5.32 Å². The number of anilines is 2. The van der Waals surface area contributed by atoms with Gasteiger partial charge in [-0.15, -0.1) is 0 Å². The van der Waals surface area contributed by atoms with Crippen molar-refractivity contribution in [2.45, 2.75) is 20.3 Å². The van der Waals surface area contributed by atoms with E-state index in [1.807, 2.05) is 13.8 Å². The Morgan fingerprint density at radius 2 is 1.79 bits per heavy atom. The summed E-state index contributed by atoms with van der Waals surface area (Å²) in [4.78, 5) is 8.44. The third-order valence-corrected chi connectivity index (χ3v) is 3.48. The van der Waals surface area contributed by atoms with Crippen LogP contribution in [-0.2, 0) is 6.42 Å². The number of hydrogen-bond acceptors (Lipinski definition) is 3. The Morgan fingerprint density at radius 1 is 1.05 bits per heavy atom. The number of benzene rings is 1. The van der Waals surface area contributed by atoms with Gasteiger partial charge in [-0.3, -0.25) is 0 Å². The molecule has 0 saturated carbocycles. The fourth-order valence-corrected chi connectivity index (χ4v) is 2.20. The molecule has 2 rings (SSSR count). The number of aromatic nitrogens is 2. The lowest BCUT2D eigenvalue weighted by atomic mass is 10.2. The Hall–Kier alpha value is -1.03. The lowest BCUT2D eigenvalue weighted by Gasteiger charge is -2.10. The van der Waals surface area contributed by atoms with Crippen LogP contribution in [0.25, 0.3) is 0 Å². The minimum Gasteiger partial charge on any atom is -0.339 e. The van der Waals surface area contributed by atoms with Crippen LogP contribution >= 0.6 is 34.8 Å². The molecule has 100 valence electrons. The Bertz CT molecular complexity index is 614. The van der Waals surface area contributed by atoms with Crippen molar-refractivity contribution in [3.8, 4) is 0 Å². The van der Waals surface area contributed by atoms with E-state index in [0.717, 1.165) is 5.56 Å². The second-order valence-electron chi connectivity index (χ2n) is 4.05. The molecule has 3 nitrogen and oxygen atoms in total. The summed E-state index contributed by atoms with van der Waals surface area (Å²) in [6, 6.07) is 5.21. The quantitative estimate of drug-likeness (QED) is 0.805. The first kappa shape index (κ1) is 14.4. The van der Waals surface area contributed by atoms with Gasteiger partial charge in [-0.05, 0) is 24.6 Å². The van der Waals surface area contributed by atoms with Gasteiger partial charge in [0, 0.05) is 17.5 Å². The largest absolute Gasteiger partial charge is 0.339 e. The summed E-state index contributed by atoms with van der Waals surface area (Å²) in [7, 11) is 0. The Morgan fingerprint density at radius 3 is 2.47 bits per heavy atom. The standard InChI is InChI=1S/C13H12Cl3N3/c1-3-12-18-11(16)6-13(19-12)17-10-5-8(14)7(2)4-9(10)15/h4-6H,3H2,1-2H3,(H,17,18,19). The molecule has 0 aliphatic rings. The fourth-order valence-electron chi connectivity index (χ4n) is 1.57. The monoisotopic (exact) mass is 315 g/mol. The molecule has 0 radical (unpaired) electrons. The molecule has 0 saturated heterocycles. The van der Waals surface area contributed by atoms with E-state index in [9.17, 15) is 0 Å². The maximum absolute atomic E-state index is 6.17. The average molecular weight is 317 g/mol. The highest BCUT2D eigenvalue weighted by atomic mass is 35.5. The predicted octanol–water partition coefficient (Wildman–Crippen LogP) is 5.05. The number of aryl methyl sites for hydroxylation is 2. The van der Waals surface area contributed by atoms with Crippen LogP contribution in [0.3, 0.4) is 0 Å². The highest BCUT2D eigenvalue weighted by Gasteiger charge is 2.07. The van der Waals surface area contributed by atoms with E-state index in [1.165, 1.54) is 0 Å². The van der Waals surface area contributed by atoms with Crippen LogP contribution in [0.4, 0.5) is 11.5 Å². The zero-order valence-corrected chi connectivity index (χ0v) is 12.7. The molecule has 0 spiro atoms. The Kier molecular flexibility index (Phi) is 4.50. The zero-order chi connectivity index (χ0) is 14.0. The fraction of sp³-hybridized carbons (Fsp3) is 0.231. The van der Waals surface area contributed by atoms with Crippen molar-refractivity contribution < 1.29 is 0 Å². The van der Waals surface area contributed by atoms with E-state index in [0.29, 0.717) is 38.9 Å². The lowest BCUT2D eigenvalue weighted by molar-refractivity contribution is 0.943. The van der Waals surface area contributed by atoms with E-state index in [2.05, 4.69) is 15.3 Å². The van der Waals surface area contributed by atoms with Gasteiger partial charge >= 0.3 is 0 Å². The molecule has 0 amide bonds. The van der Waals surface area contributed by atoms with E-state index in [1.54, 1.807) is 18.2 Å². The molecule has 1 N–H and O–H groups in total. The molecule has 1 aromatic carbocycles. The highest BCUT2D eigenvalue weighted by Crippen LogP contribution is 2.31. The predicted molar refractivity (Wildman–Crippen MR) is 80.9 cm³/mol. The molecule has 0 unspecified atom stereocenters. The third-order valence-electron chi connectivity index (χ3n) is 2.57. The first-order valence-electron chi connectivity index (χ1n) is 5.75. The molecule has 19 heavy (non-hydrogen) atoms. The molecular formula is C13H12Cl3N3. The van der Waals surface area contributed by atoms with Crippen LogP contribution in [0.1, 0.15) is 18.3 Å². The highest BCUT2D eigenvalue weighted by molar-refractivity contribution is 6.36. The minimum atomic E-state index is 0.392. The first-order valence-corrected chi connectivity index (χ1v) is 6.89. The molecule has 1 aromatic heterocycles. The number of rotatable bonds is 3. The van der Waals surface area contributed by atoms with Gasteiger partial charge in [0.05, 0.1) is 10.7 Å². The zero-order valence-electron chi connectivity index (χ0n) is 10.5. The SMILES string of the molecule is CCc1nc(Cl)cc(Nc2cc(Cl)c(C)cc2Cl)n1. The van der Waals surface area contributed by atoms with Crippen LogP contribution in [0.2, 0.25) is 15.2 Å². The van der Waals surface area contributed by atoms with Gasteiger partial charge < -0.3 is 5.32 Å². The van der Waals surface area contributed by atoms with Gasteiger partial charge in [-0.2, -0.15) is 0 Å². The maximum Gasteiger partial charge on any atom is 0.135 e. The maximum atomic E-state index is 6.17. The Labute approximate surface area is 126 Å². The minimum absolute atomic E-state index is 0.392. The van der Waals surface area contributed by atoms with Crippen molar-refractivity contribution >= 4 is 46.3 Å². The van der Waals surface area contributed by atoms with Gasteiger partial charge in [0.25, 0.3) is 0 Å². The first-order chi connectivity index (χ1) is 8.99. The summed E-state index contributed by atoms with van der Waals surface area (Å²) in [6.07, 6.45) is 0.706. The summed E-state index contributed by atoms with van der Waals surface area (Å²) >= 11 is 18.2. The molecule has 0 aliphatic carbocycles. The van der Waals surface area contributed by atoms with Crippen molar-refractivity contribution in [1.29, 1.82) is 0 Å². The molecule has 0 fully saturated rings. The second kappa shape index (κ2) is 5.95. The molecular weight excluding hydrogens is 305 g/mol. The summed E-state index contributed by atoms with van der Waals surface area (Å²) in [5.41, 5.74) is 1.61. The van der Waals surface area contributed by atoms with Crippen molar-refractivity contribution in [2.24, 2.45) is 0 Å².